The first-order valence-corrected chi connectivity index (χ1v) is 10.7. The third-order valence-electron chi connectivity index (χ3n) is 5.14. The molecule has 0 aromatic heterocycles. The van der Waals surface area contributed by atoms with E-state index >= 15 is 0 Å². The van der Waals surface area contributed by atoms with Gasteiger partial charge in [-0.05, 0) is 59.2 Å². The molecule has 0 aliphatic carbocycles. The standard InChI is InChI=1S/C26H24F4O5/c1-33-24(25(31)32)13-17-3-7-22(8-4-17)34-11-2-12-35-23-9-5-18(6-10-23)19-14-20(26(28,29)30)16-21(27)15-19/h3-10,14-16,24H,2,11-13H2,1H3,(H,31,32)/t24-/m0/s1. The maximum Gasteiger partial charge on any atom is 0.416 e. The van der Waals surface area contributed by atoms with Crippen molar-refractivity contribution in [3.8, 4) is 22.6 Å². The molecule has 0 aliphatic heterocycles. The van der Waals surface area contributed by atoms with Gasteiger partial charge in [-0.25, -0.2) is 9.18 Å². The second kappa shape index (κ2) is 11.7. The molecule has 3 rings (SSSR count). The number of benzene rings is 3. The predicted octanol–water partition coefficient (Wildman–Crippen LogP) is 6.00. The van der Waals surface area contributed by atoms with E-state index in [0.29, 0.717) is 42.8 Å². The van der Waals surface area contributed by atoms with Gasteiger partial charge in [0.2, 0.25) is 0 Å². The van der Waals surface area contributed by atoms with Gasteiger partial charge in [0.15, 0.2) is 6.10 Å². The zero-order valence-corrected chi connectivity index (χ0v) is 18.8. The highest BCUT2D eigenvalue weighted by atomic mass is 19.4. The minimum Gasteiger partial charge on any atom is -0.493 e. The van der Waals surface area contributed by atoms with Crippen LogP contribution in [-0.2, 0) is 22.1 Å². The predicted molar refractivity (Wildman–Crippen MR) is 121 cm³/mol. The number of carboxylic acids is 1. The topological polar surface area (TPSA) is 65.0 Å². The van der Waals surface area contributed by atoms with E-state index in [-0.39, 0.29) is 12.0 Å². The van der Waals surface area contributed by atoms with Gasteiger partial charge >= 0.3 is 12.1 Å². The zero-order chi connectivity index (χ0) is 25.4. The first kappa shape index (κ1) is 26.0. The van der Waals surface area contributed by atoms with Crippen LogP contribution in [0.1, 0.15) is 17.5 Å². The molecule has 1 N–H and O–H groups in total. The Morgan fingerprint density at radius 1 is 0.886 bits per heavy atom. The number of rotatable bonds is 11. The molecule has 0 heterocycles. The summed E-state index contributed by atoms with van der Waals surface area (Å²) in [6.45, 7) is 0.737. The van der Waals surface area contributed by atoms with Crippen LogP contribution in [0.3, 0.4) is 0 Å². The van der Waals surface area contributed by atoms with E-state index < -0.39 is 29.6 Å². The van der Waals surface area contributed by atoms with Crippen LogP contribution < -0.4 is 9.47 Å². The van der Waals surface area contributed by atoms with Gasteiger partial charge in [0.25, 0.3) is 0 Å². The molecule has 0 bridgehead atoms. The lowest BCUT2D eigenvalue weighted by molar-refractivity contribution is -0.148. The first-order valence-electron chi connectivity index (χ1n) is 10.7. The number of carbonyl (C=O) groups is 1. The minimum absolute atomic E-state index is 0.129. The molecule has 0 saturated carbocycles. The van der Waals surface area contributed by atoms with Gasteiger partial charge < -0.3 is 19.3 Å². The molecule has 1 atom stereocenters. The third kappa shape index (κ3) is 7.71. The van der Waals surface area contributed by atoms with Crippen molar-refractivity contribution in [2.75, 3.05) is 20.3 Å². The number of hydrogen-bond acceptors (Lipinski definition) is 4. The molecule has 0 unspecified atom stereocenters. The van der Waals surface area contributed by atoms with Crippen LogP contribution in [0.25, 0.3) is 11.1 Å². The lowest BCUT2D eigenvalue weighted by Gasteiger charge is -2.12. The van der Waals surface area contributed by atoms with Crippen LogP contribution in [0.2, 0.25) is 0 Å². The smallest absolute Gasteiger partial charge is 0.416 e. The lowest BCUT2D eigenvalue weighted by Crippen LogP contribution is -2.24. The van der Waals surface area contributed by atoms with E-state index in [1.165, 1.54) is 7.11 Å². The zero-order valence-electron chi connectivity index (χ0n) is 18.8. The van der Waals surface area contributed by atoms with Crippen molar-refractivity contribution < 1.29 is 41.7 Å². The Balaban J connectivity index is 1.45. The molecule has 0 spiro atoms. The van der Waals surface area contributed by atoms with Gasteiger partial charge in [-0.2, -0.15) is 13.2 Å². The monoisotopic (exact) mass is 492 g/mol. The van der Waals surface area contributed by atoms with Crippen LogP contribution >= 0.6 is 0 Å². The van der Waals surface area contributed by atoms with Gasteiger partial charge in [0.1, 0.15) is 17.3 Å². The molecule has 5 nitrogen and oxygen atoms in total. The molecule has 3 aromatic rings. The number of alkyl halides is 3. The third-order valence-corrected chi connectivity index (χ3v) is 5.14. The molecule has 0 aliphatic rings. The van der Waals surface area contributed by atoms with Crippen LogP contribution in [-0.4, -0.2) is 37.5 Å². The number of halogens is 4. The van der Waals surface area contributed by atoms with Crippen molar-refractivity contribution in [1.82, 2.24) is 0 Å². The molecule has 0 radical (unpaired) electrons. The summed E-state index contributed by atoms with van der Waals surface area (Å²) in [6, 6.07) is 15.8. The average Bonchev–Trinajstić information content (AvgIpc) is 2.82. The Hall–Kier alpha value is -3.59. The first-order chi connectivity index (χ1) is 16.7. The van der Waals surface area contributed by atoms with E-state index in [1.54, 1.807) is 48.5 Å². The molecule has 186 valence electrons. The summed E-state index contributed by atoms with van der Waals surface area (Å²) in [5.41, 5.74) is 0.339. The highest BCUT2D eigenvalue weighted by Crippen LogP contribution is 2.33. The summed E-state index contributed by atoms with van der Waals surface area (Å²) in [4.78, 5) is 11.0. The molecule has 35 heavy (non-hydrogen) atoms. The van der Waals surface area contributed by atoms with Gasteiger partial charge in [-0.1, -0.05) is 24.3 Å². The maximum absolute atomic E-state index is 13.6. The Morgan fingerprint density at radius 2 is 1.46 bits per heavy atom. The number of aliphatic carboxylic acids is 1. The maximum atomic E-state index is 13.6. The molecular formula is C26H24F4O5. The fourth-order valence-corrected chi connectivity index (χ4v) is 3.31. The highest BCUT2D eigenvalue weighted by molar-refractivity contribution is 5.72. The Bertz CT molecular complexity index is 1110. The van der Waals surface area contributed by atoms with E-state index in [9.17, 15) is 22.4 Å². The summed E-state index contributed by atoms with van der Waals surface area (Å²) in [5, 5.41) is 9.04. The van der Waals surface area contributed by atoms with Crippen molar-refractivity contribution in [2.45, 2.75) is 25.1 Å². The van der Waals surface area contributed by atoms with Gasteiger partial charge in [-0.3, -0.25) is 0 Å². The highest BCUT2D eigenvalue weighted by Gasteiger charge is 2.31. The summed E-state index contributed by atoms with van der Waals surface area (Å²) >= 11 is 0. The molecule has 9 heteroatoms. The summed E-state index contributed by atoms with van der Waals surface area (Å²) in [5.74, 6) is -0.816. The SMILES string of the molecule is CO[C@@H](Cc1ccc(OCCCOc2ccc(-c3cc(F)cc(C(F)(F)F)c3)cc2)cc1)C(=O)O. The van der Waals surface area contributed by atoms with Crippen LogP contribution in [0.5, 0.6) is 11.5 Å². The van der Waals surface area contributed by atoms with E-state index in [2.05, 4.69) is 0 Å². The normalized spacial score (nSPS) is 12.3. The summed E-state index contributed by atoms with van der Waals surface area (Å²) in [7, 11) is 1.35. The second-order valence-electron chi connectivity index (χ2n) is 7.71. The van der Waals surface area contributed by atoms with Crippen LogP contribution in [0.4, 0.5) is 17.6 Å². The van der Waals surface area contributed by atoms with Crippen LogP contribution in [0.15, 0.2) is 66.7 Å². The van der Waals surface area contributed by atoms with Crippen molar-refractivity contribution in [3.63, 3.8) is 0 Å². The Kier molecular flexibility index (Phi) is 8.70. The largest absolute Gasteiger partial charge is 0.493 e. The molecule has 0 saturated heterocycles. The summed E-state index contributed by atoms with van der Waals surface area (Å²) in [6.07, 6.45) is -4.70. The Morgan fingerprint density at radius 3 is 1.97 bits per heavy atom. The molecular weight excluding hydrogens is 468 g/mol. The minimum atomic E-state index is -4.63. The summed E-state index contributed by atoms with van der Waals surface area (Å²) < 4.78 is 68.6. The van der Waals surface area contributed by atoms with Crippen LogP contribution in [0, 0.1) is 5.82 Å². The second-order valence-corrected chi connectivity index (χ2v) is 7.71. The van der Waals surface area contributed by atoms with Gasteiger partial charge in [0, 0.05) is 20.0 Å². The molecule has 0 amide bonds. The van der Waals surface area contributed by atoms with E-state index in [0.717, 1.165) is 17.7 Å². The van der Waals surface area contributed by atoms with Crippen molar-refractivity contribution in [2.24, 2.45) is 0 Å². The van der Waals surface area contributed by atoms with Crippen molar-refractivity contribution >= 4 is 5.97 Å². The number of ether oxygens (including phenoxy) is 3. The van der Waals surface area contributed by atoms with E-state index in [1.807, 2.05) is 0 Å². The van der Waals surface area contributed by atoms with Gasteiger partial charge in [0.05, 0.1) is 18.8 Å². The lowest BCUT2D eigenvalue weighted by atomic mass is 10.0. The molecule has 0 fully saturated rings. The quantitative estimate of drug-likeness (QED) is 0.263. The van der Waals surface area contributed by atoms with Crippen molar-refractivity contribution in [1.29, 1.82) is 0 Å². The Labute approximate surface area is 199 Å². The van der Waals surface area contributed by atoms with E-state index in [4.69, 9.17) is 19.3 Å². The molecule has 3 aromatic carbocycles. The van der Waals surface area contributed by atoms with Gasteiger partial charge in [-0.15, -0.1) is 0 Å². The fourth-order valence-electron chi connectivity index (χ4n) is 3.31. The average molecular weight is 492 g/mol. The number of methoxy groups -OCH3 is 1. The fraction of sp³-hybridized carbons (Fsp3) is 0.269. The van der Waals surface area contributed by atoms with Crippen molar-refractivity contribution in [3.05, 3.63) is 83.7 Å². The number of carboxylic acid groups (broad SMARTS) is 1. The number of hydrogen-bond donors (Lipinski definition) is 1.